The molecule has 3 atom stereocenters. The summed E-state index contributed by atoms with van der Waals surface area (Å²) in [6.07, 6.45) is 0.929. The highest BCUT2D eigenvalue weighted by Crippen LogP contribution is 2.35. The highest BCUT2D eigenvalue weighted by atomic mass is 35.5. The lowest BCUT2D eigenvalue weighted by Gasteiger charge is -2.43. The van der Waals surface area contributed by atoms with Crippen LogP contribution in [0.15, 0.2) is 52.2 Å². The van der Waals surface area contributed by atoms with Crippen molar-refractivity contribution in [1.29, 1.82) is 0 Å². The zero-order chi connectivity index (χ0) is 20.8. The Morgan fingerprint density at radius 2 is 1.86 bits per heavy atom. The van der Waals surface area contributed by atoms with E-state index in [0.717, 1.165) is 12.1 Å². The van der Waals surface area contributed by atoms with Crippen molar-refractivity contribution >= 4 is 27.5 Å². The van der Waals surface area contributed by atoms with Gasteiger partial charge in [-0.2, -0.15) is 4.72 Å². The highest BCUT2D eigenvalue weighted by Gasteiger charge is 2.37. The summed E-state index contributed by atoms with van der Waals surface area (Å²) in [5, 5.41) is 0.437. The maximum absolute atomic E-state index is 13.0. The number of amides is 1. The second kappa shape index (κ2) is 7.59. The van der Waals surface area contributed by atoms with Crippen LogP contribution >= 0.6 is 11.6 Å². The largest absolute Gasteiger partial charge is 0.340 e. The van der Waals surface area contributed by atoms with E-state index in [2.05, 4.69) is 4.72 Å². The summed E-state index contributed by atoms with van der Waals surface area (Å²) in [6, 6.07) is 10.1. The van der Waals surface area contributed by atoms with Crippen LogP contribution in [0.25, 0.3) is 0 Å². The molecule has 0 spiro atoms. The maximum Gasteiger partial charge on any atom is 0.250 e. The van der Waals surface area contributed by atoms with E-state index in [9.17, 15) is 18.0 Å². The van der Waals surface area contributed by atoms with Crippen molar-refractivity contribution < 1.29 is 13.2 Å². The molecule has 1 aromatic carbocycles. The van der Waals surface area contributed by atoms with Gasteiger partial charge in [-0.15, -0.1) is 0 Å². The SMILES string of the molecule is C[C@@H](NS(=O)(=O)c1ccc(Cl)cc1)C(=O)N1C[C@@H]2C[C@@H](C1)c1cccc(=O)n1C2. The topological polar surface area (TPSA) is 88.5 Å². The Morgan fingerprint density at radius 1 is 1.14 bits per heavy atom. The van der Waals surface area contributed by atoms with Crippen LogP contribution in [0.1, 0.15) is 25.0 Å². The fourth-order valence-electron chi connectivity index (χ4n) is 4.32. The average Bonchev–Trinajstić information content (AvgIpc) is 2.68. The number of likely N-dealkylation sites (tertiary alicyclic amines) is 1. The number of carbonyl (C=O) groups is 1. The number of aromatic nitrogens is 1. The lowest BCUT2D eigenvalue weighted by molar-refractivity contribution is -0.135. The van der Waals surface area contributed by atoms with Crippen molar-refractivity contribution in [2.24, 2.45) is 5.92 Å². The Hall–Kier alpha value is -2.16. The number of nitrogens with one attached hydrogen (secondary N) is 1. The van der Waals surface area contributed by atoms with Gasteiger partial charge in [0, 0.05) is 42.3 Å². The van der Waals surface area contributed by atoms with Crippen LogP contribution in [0.4, 0.5) is 0 Å². The molecule has 1 fully saturated rings. The lowest BCUT2D eigenvalue weighted by Crippen LogP contribution is -2.54. The van der Waals surface area contributed by atoms with Gasteiger partial charge >= 0.3 is 0 Å². The van der Waals surface area contributed by atoms with Gasteiger partial charge in [0.2, 0.25) is 15.9 Å². The van der Waals surface area contributed by atoms with E-state index in [-0.39, 0.29) is 28.2 Å². The number of benzene rings is 1. The third-order valence-corrected chi connectivity index (χ3v) is 7.43. The molecule has 29 heavy (non-hydrogen) atoms. The van der Waals surface area contributed by atoms with Crippen molar-refractivity contribution in [3.63, 3.8) is 0 Å². The molecule has 7 nitrogen and oxygen atoms in total. The van der Waals surface area contributed by atoms with Gasteiger partial charge in [-0.25, -0.2) is 8.42 Å². The Kier molecular flexibility index (Phi) is 5.27. The maximum atomic E-state index is 13.0. The predicted molar refractivity (Wildman–Crippen MR) is 109 cm³/mol. The van der Waals surface area contributed by atoms with Crippen molar-refractivity contribution in [2.75, 3.05) is 13.1 Å². The molecule has 0 radical (unpaired) electrons. The van der Waals surface area contributed by atoms with Crippen molar-refractivity contribution in [3.8, 4) is 0 Å². The molecule has 1 aromatic heterocycles. The van der Waals surface area contributed by atoms with Crippen LogP contribution in [0.2, 0.25) is 5.02 Å². The average molecular weight is 436 g/mol. The summed E-state index contributed by atoms with van der Waals surface area (Å²) in [4.78, 5) is 26.9. The minimum Gasteiger partial charge on any atom is -0.340 e. The summed E-state index contributed by atoms with van der Waals surface area (Å²) in [7, 11) is -3.83. The molecule has 0 aliphatic carbocycles. The molecule has 154 valence electrons. The van der Waals surface area contributed by atoms with Crippen LogP contribution < -0.4 is 10.3 Å². The molecule has 1 saturated heterocycles. The Bertz CT molecular complexity index is 1100. The molecule has 1 N–H and O–H groups in total. The summed E-state index contributed by atoms with van der Waals surface area (Å²) < 4.78 is 29.4. The Morgan fingerprint density at radius 3 is 2.59 bits per heavy atom. The fraction of sp³-hybridized carbons (Fsp3) is 0.400. The number of hydrogen-bond acceptors (Lipinski definition) is 4. The van der Waals surface area contributed by atoms with E-state index in [1.165, 1.54) is 24.3 Å². The first kappa shape index (κ1) is 20.1. The van der Waals surface area contributed by atoms with E-state index < -0.39 is 16.1 Å². The van der Waals surface area contributed by atoms with Gasteiger partial charge in [0.05, 0.1) is 10.9 Å². The molecule has 4 rings (SSSR count). The molecule has 2 aliphatic rings. The first-order valence-corrected chi connectivity index (χ1v) is 11.4. The summed E-state index contributed by atoms with van der Waals surface area (Å²) in [5.74, 6) is 0.00904. The van der Waals surface area contributed by atoms with Gasteiger partial charge in [-0.3, -0.25) is 9.59 Å². The van der Waals surface area contributed by atoms with Gasteiger partial charge in [0.25, 0.3) is 5.56 Å². The summed E-state index contributed by atoms with van der Waals surface area (Å²) in [6.45, 7) is 3.13. The van der Waals surface area contributed by atoms with Crippen molar-refractivity contribution in [1.82, 2.24) is 14.2 Å². The fourth-order valence-corrected chi connectivity index (χ4v) is 5.64. The van der Waals surface area contributed by atoms with Crippen LogP contribution in [0.5, 0.6) is 0 Å². The van der Waals surface area contributed by atoms with Crippen LogP contribution in [-0.2, 0) is 21.4 Å². The number of piperidine rings is 1. The van der Waals surface area contributed by atoms with Gasteiger partial charge in [-0.1, -0.05) is 17.7 Å². The second-order valence-corrected chi connectivity index (χ2v) is 9.89. The van der Waals surface area contributed by atoms with E-state index in [0.29, 0.717) is 24.7 Å². The zero-order valence-corrected chi connectivity index (χ0v) is 17.5. The summed E-state index contributed by atoms with van der Waals surface area (Å²) >= 11 is 5.81. The normalized spacial score (nSPS) is 22.1. The number of hydrogen-bond donors (Lipinski definition) is 1. The monoisotopic (exact) mass is 435 g/mol. The Balaban J connectivity index is 1.49. The number of halogens is 1. The van der Waals surface area contributed by atoms with Gasteiger partial charge < -0.3 is 9.47 Å². The van der Waals surface area contributed by atoms with Crippen LogP contribution in [0, 0.1) is 5.92 Å². The number of pyridine rings is 1. The third kappa shape index (κ3) is 3.97. The highest BCUT2D eigenvalue weighted by molar-refractivity contribution is 7.89. The number of nitrogens with zero attached hydrogens (tertiary/aromatic N) is 2. The molecule has 3 heterocycles. The molecule has 9 heteroatoms. The smallest absolute Gasteiger partial charge is 0.250 e. The third-order valence-electron chi connectivity index (χ3n) is 5.62. The predicted octanol–water partition coefficient (Wildman–Crippen LogP) is 1.81. The van der Waals surface area contributed by atoms with Crippen LogP contribution in [0.3, 0.4) is 0 Å². The van der Waals surface area contributed by atoms with Crippen molar-refractivity contribution in [2.45, 2.75) is 36.7 Å². The minimum atomic E-state index is -3.83. The second-order valence-electron chi connectivity index (χ2n) is 7.74. The number of sulfonamides is 1. The van der Waals surface area contributed by atoms with Gasteiger partial charge in [-0.05, 0) is 49.6 Å². The quantitative estimate of drug-likeness (QED) is 0.793. The minimum absolute atomic E-state index is 0.0129. The molecular weight excluding hydrogens is 414 g/mol. The first-order chi connectivity index (χ1) is 13.7. The van der Waals surface area contributed by atoms with E-state index in [1.807, 2.05) is 6.07 Å². The van der Waals surface area contributed by atoms with Crippen LogP contribution in [-0.4, -0.2) is 42.9 Å². The first-order valence-electron chi connectivity index (χ1n) is 9.51. The lowest BCUT2D eigenvalue weighted by atomic mass is 9.83. The molecule has 1 amide bonds. The van der Waals surface area contributed by atoms with E-state index in [1.54, 1.807) is 28.5 Å². The molecule has 0 unspecified atom stereocenters. The molecule has 0 saturated carbocycles. The Labute approximate surface area is 174 Å². The summed E-state index contributed by atoms with van der Waals surface area (Å²) in [5.41, 5.74) is 0.932. The number of rotatable bonds is 4. The van der Waals surface area contributed by atoms with E-state index >= 15 is 0 Å². The van der Waals surface area contributed by atoms with E-state index in [4.69, 9.17) is 11.6 Å². The number of fused-ring (bicyclic) bond motifs is 4. The molecule has 2 aromatic rings. The van der Waals surface area contributed by atoms with Gasteiger partial charge in [0.1, 0.15) is 0 Å². The zero-order valence-electron chi connectivity index (χ0n) is 15.9. The standard InChI is InChI=1S/C20H22ClN3O4S/c1-13(22-29(27,28)17-7-5-16(21)6-8-17)20(26)23-10-14-9-15(12-23)18-3-2-4-19(25)24(18)11-14/h2-8,13-15,22H,9-12H2,1H3/t13-,14+,15+/m1/s1. The molecule has 2 aliphatic heterocycles. The molecule has 2 bridgehead atoms. The molecular formula is C20H22ClN3O4S. The number of carbonyl (C=O) groups excluding carboxylic acids is 1. The van der Waals surface area contributed by atoms with Crippen molar-refractivity contribution in [3.05, 3.63) is 63.5 Å². The van der Waals surface area contributed by atoms with Gasteiger partial charge in [0.15, 0.2) is 0 Å².